The van der Waals surface area contributed by atoms with E-state index in [1.54, 1.807) is 6.07 Å². The summed E-state index contributed by atoms with van der Waals surface area (Å²) in [7, 11) is 0. The lowest BCUT2D eigenvalue weighted by molar-refractivity contribution is 0.0523. The number of rotatable bonds is 3. The molecule has 2 aromatic rings. The predicted octanol–water partition coefficient (Wildman–Crippen LogP) is 2.65. The van der Waals surface area contributed by atoms with Crippen LogP contribution in [0, 0.1) is 6.92 Å². The molecule has 0 unspecified atom stereocenters. The molecular formula is C14H18ClN5O2. The Morgan fingerprint density at radius 1 is 1.41 bits per heavy atom. The maximum absolute atomic E-state index is 11.8. The first kappa shape index (κ1) is 16.2. The van der Waals surface area contributed by atoms with E-state index in [9.17, 15) is 4.79 Å². The Balaban J connectivity index is 2.22. The van der Waals surface area contributed by atoms with Crippen molar-refractivity contribution in [2.24, 2.45) is 0 Å². The van der Waals surface area contributed by atoms with Gasteiger partial charge in [-0.25, -0.2) is 4.79 Å². The maximum Gasteiger partial charge on any atom is 0.407 e. The van der Waals surface area contributed by atoms with Crippen LogP contribution in [-0.4, -0.2) is 31.9 Å². The maximum atomic E-state index is 11.8. The van der Waals surface area contributed by atoms with E-state index < -0.39 is 11.7 Å². The average Bonchev–Trinajstić information content (AvgIpc) is 2.87. The van der Waals surface area contributed by atoms with Gasteiger partial charge in [0.1, 0.15) is 11.9 Å². The Morgan fingerprint density at radius 2 is 2.14 bits per heavy atom. The highest BCUT2D eigenvalue weighted by Gasteiger charge is 2.17. The largest absolute Gasteiger partial charge is 0.444 e. The molecule has 8 heteroatoms. The van der Waals surface area contributed by atoms with Crippen molar-refractivity contribution < 1.29 is 9.53 Å². The van der Waals surface area contributed by atoms with Gasteiger partial charge in [-0.15, -0.1) is 5.10 Å². The summed E-state index contributed by atoms with van der Waals surface area (Å²) in [4.78, 5) is 11.8. The summed E-state index contributed by atoms with van der Waals surface area (Å²) < 4.78 is 6.76. The minimum atomic E-state index is -0.549. The highest BCUT2D eigenvalue weighted by atomic mass is 35.5. The van der Waals surface area contributed by atoms with Crippen LogP contribution in [0.1, 0.15) is 31.9 Å². The van der Waals surface area contributed by atoms with E-state index in [0.717, 1.165) is 16.8 Å². The van der Waals surface area contributed by atoms with Gasteiger partial charge < -0.3 is 10.1 Å². The lowest BCUT2D eigenvalue weighted by atomic mass is 10.1. The summed E-state index contributed by atoms with van der Waals surface area (Å²) >= 11 is 6.10. The summed E-state index contributed by atoms with van der Waals surface area (Å²) in [6.07, 6.45) is 1.00. The smallest absolute Gasteiger partial charge is 0.407 e. The molecule has 0 aliphatic heterocycles. The van der Waals surface area contributed by atoms with Crippen molar-refractivity contribution in [1.29, 1.82) is 0 Å². The Morgan fingerprint density at radius 3 is 2.73 bits per heavy atom. The molecule has 0 spiro atoms. The SMILES string of the molecule is Cc1cc(Cl)cc(CNC(=O)OC(C)(C)C)c1-n1cnnn1. The third-order valence-electron chi connectivity index (χ3n) is 2.74. The Bertz CT molecular complexity index is 665. The standard InChI is InChI=1S/C14H18ClN5O2/c1-9-5-11(15)6-10(12(9)20-8-17-18-19-20)7-16-13(21)22-14(2,3)4/h5-6,8H,7H2,1-4H3,(H,16,21). The average molecular weight is 324 g/mol. The number of benzene rings is 1. The minimum Gasteiger partial charge on any atom is -0.444 e. The molecule has 1 N–H and O–H groups in total. The molecule has 0 radical (unpaired) electrons. The van der Waals surface area contributed by atoms with E-state index in [0.29, 0.717) is 5.02 Å². The summed E-state index contributed by atoms with van der Waals surface area (Å²) in [5.74, 6) is 0. The number of nitrogens with zero attached hydrogens (tertiary/aromatic N) is 4. The van der Waals surface area contributed by atoms with E-state index in [2.05, 4.69) is 20.8 Å². The van der Waals surface area contributed by atoms with Crippen molar-refractivity contribution in [1.82, 2.24) is 25.5 Å². The molecule has 0 aliphatic rings. The number of tetrazole rings is 1. The molecule has 0 bridgehead atoms. The van der Waals surface area contributed by atoms with Crippen LogP contribution in [0.5, 0.6) is 0 Å². The number of alkyl carbamates (subject to hydrolysis) is 1. The number of aromatic nitrogens is 4. The second-order valence-electron chi connectivity index (χ2n) is 5.84. The van der Waals surface area contributed by atoms with E-state index in [4.69, 9.17) is 16.3 Å². The third kappa shape index (κ3) is 4.17. The van der Waals surface area contributed by atoms with Crippen LogP contribution in [0.15, 0.2) is 18.5 Å². The second kappa shape index (κ2) is 6.31. The number of amides is 1. The van der Waals surface area contributed by atoms with Crippen LogP contribution in [0.2, 0.25) is 5.02 Å². The van der Waals surface area contributed by atoms with Crippen LogP contribution in [0.25, 0.3) is 5.69 Å². The number of halogens is 1. The number of nitrogens with one attached hydrogen (secondary N) is 1. The van der Waals surface area contributed by atoms with Gasteiger partial charge in [-0.05, 0) is 61.4 Å². The fraction of sp³-hybridized carbons (Fsp3) is 0.429. The summed E-state index contributed by atoms with van der Waals surface area (Å²) in [5.41, 5.74) is 1.93. The Hall–Kier alpha value is -2.15. The summed E-state index contributed by atoms with van der Waals surface area (Å²) in [6, 6.07) is 3.58. The molecule has 0 saturated heterocycles. The van der Waals surface area contributed by atoms with Gasteiger partial charge in [0, 0.05) is 11.6 Å². The van der Waals surface area contributed by atoms with E-state index in [1.165, 1.54) is 11.0 Å². The molecular weight excluding hydrogens is 306 g/mol. The van der Waals surface area contributed by atoms with Crippen molar-refractivity contribution >= 4 is 17.7 Å². The molecule has 7 nitrogen and oxygen atoms in total. The zero-order chi connectivity index (χ0) is 16.3. The molecule has 118 valence electrons. The van der Waals surface area contributed by atoms with Crippen LogP contribution in [0.4, 0.5) is 4.79 Å². The molecule has 0 fully saturated rings. The zero-order valence-corrected chi connectivity index (χ0v) is 13.7. The lowest BCUT2D eigenvalue weighted by Gasteiger charge is -2.20. The van der Waals surface area contributed by atoms with Gasteiger partial charge in [-0.3, -0.25) is 0 Å². The van der Waals surface area contributed by atoms with Crippen molar-refractivity contribution in [2.75, 3.05) is 0 Å². The number of carbonyl (C=O) groups is 1. The molecule has 1 aromatic heterocycles. The second-order valence-corrected chi connectivity index (χ2v) is 6.28. The Labute approximate surface area is 133 Å². The van der Waals surface area contributed by atoms with Crippen LogP contribution < -0.4 is 5.32 Å². The monoisotopic (exact) mass is 323 g/mol. The lowest BCUT2D eigenvalue weighted by Crippen LogP contribution is -2.32. The van der Waals surface area contributed by atoms with E-state index in [-0.39, 0.29) is 6.54 Å². The van der Waals surface area contributed by atoms with Gasteiger partial charge in [-0.2, -0.15) is 4.68 Å². The zero-order valence-electron chi connectivity index (χ0n) is 12.9. The number of hydrogen-bond acceptors (Lipinski definition) is 5. The van der Waals surface area contributed by atoms with Crippen LogP contribution in [-0.2, 0) is 11.3 Å². The highest BCUT2D eigenvalue weighted by molar-refractivity contribution is 6.30. The van der Waals surface area contributed by atoms with Gasteiger partial charge >= 0.3 is 6.09 Å². The quantitative estimate of drug-likeness (QED) is 0.939. The summed E-state index contributed by atoms with van der Waals surface area (Å²) in [5, 5.41) is 14.5. The number of carbonyl (C=O) groups excluding carboxylic acids is 1. The van der Waals surface area contributed by atoms with Crippen molar-refractivity contribution in [3.05, 3.63) is 34.6 Å². The first-order valence-electron chi connectivity index (χ1n) is 6.75. The van der Waals surface area contributed by atoms with Gasteiger partial charge in [0.05, 0.1) is 5.69 Å². The topological polar surface area (TPSA) is 81.9 Å². The van der Waals surface area contributed by atoms with E-state index >= 15 is 0 Å². The number of hydrogen-bond donors (Lipinski definition) is 1. The molecule has 0 saturated carbocycles. The van der Waals surface area contributed by atoms with Gasteiger partial charge in [0.2, 0.25) is 0 Å². The van der Waals surface area contributed by atoms with Gasteiger partial charge in [0.25, 0.3) is 0 Å². The molecule has 0 atom stereocenters. The molecule has 1 aromatic carbocycles. The van der Waals surface area contributed by atoms with Crippen molar-refractivity contribution in [2.45, 2.75) is 39.8 Å². The highest BCUT2D eigenvalue weighted by Crippen LogP contribution is 2.23. The minimum absolute atomic E-state index is 0.255. The predicted molar refractivity (Wildman–Crippen MR) is 82.0 cm³/mol. The van der Waals surface area contributed by atoms with Crippen LogP contribution >= 0.6 is 11.6 Å². The van der Waals surface area contributed by atoms with Crippen LogP contribution in [0.3, 0.4) is 0 Å². The van der Waals surface area contributed by atoms with Gasteiger partial charge in [0.15, 0.2) is 0 Å². The molecule has 0 aliphatic carbocycles. The van der Waals surface area contributed by atoms with Crippen molar-refractivity contribution in [3.63, 3.8) is 0 Å². The molecule has 1 amide bonds. The first-order chi connectivity index (χ1) is 10.3. The third-order valence-corrected chi connectivity index (χ3v) is 2.96. The normalized spacial score (nSPS) is 11.3. The molecule has 1 heterocycles. The fourth-order valence-electron chi connectivity index (χ4n) is 2.01. The fourth-order valence-corrected chi connectivity index (χ4v) is 2.31. The first-order valence-corrected chi connectivity index (χ1v) is 7.13. The van der Waals surface area contributed by atoms with E-state index in [1.807, 2.05) is 33.8 Å². The molecule has 22 heavy (non-hydrogen) atoms. The number of ether oxygens (including phenoxy) is 1. The summed E-state index contributed by atoms with van der Waals surface area (Å²) in [6.45, 7) is 7.58. The molecule has 2 rings (SSSR count). The number of aryl methyl sites for hydroxylation is 1. The van der Waals surface area contributed by atoms with Crippen molar-refractivity contribution in [3.8, 4) is 5.69 Å². The van der Waals surface area contributed by atoms with Gasteiger partial charge in [-0.1, -0.05) is 11.6 Å². The Kier molecular flexibility index (Phi) is 4.65.